The van der Waals surface area contributed by atoms with Gasteiger partial charge in [-0.3, -0.25) is 9.59 Å². The Hall–Kier alpha value is -1.43. The number of hydrogen-bond acceptors (Lipinski definition) is 4. The lowest BCUT2D eigenvalue weighted by atomic mass is 9.95. The molecule has 98 valence electrons. The van der Waals surface area contributed by atoms with Crippen LogP contribution < -0.4 is 5.32 Å². The van der Waals surface area contributed by atoms with E-state index in [1.54, 1.807) is 24.3 Å². The fourth-order valence-corrected chi connectivity index (χ4v) is 2.71. The number of amides is 2. The quantitative estimate of drug-likeness (QED) is 0.894. The molecular weight excluding hydrogens is 250 g/mol. The minimum atomic E-state index is -0.835. The fraction of sp³-hybridized carbons (Fsp3) is 0.583. The van der Waals surface area contributed by atoms with Crippen molar-refractivity contribution in [2.24, 2.45) is 0 Å². The number of rotatable bonds is 3. The average molecular weight is 267 g/mol. The van der Waals surface area contributed by atoms with E-state index in [-0.39, 0.29) is 11.8 Å². The molecule has 0 radical (unpaired) electrons. The van der Waals surface area contributed by atoms with Gasteiger partial charge in [0.05, 0.1) is 17.7 Å². The molecule has 2 heterocycles. The molecule has 1 fully saturated rings. The first-order chi connectivity index (χ1) is 8.45. The van der Waals surface area contributed by atoms with Crippen LogP contribution in [0.3, 0.4) is 0 Å². The number of aromatic nitrogens is 1. The van der Waals surface area contributed by atoms with Gasteiger partial charge in [0.1, 0.15) is 11.6 Å². The third-order valence-electron chi connectivity index (χ3n) is 3.11. The normalized spacial score (nSPS) is 23.1. The van der Waals surface area contributed by atoms with Crippen LogP contribution in [0.5, 0.6) is 0 Å². The Morgan fingerprint density at radius 1 is 1.50 bits per heavy atom. The van der Waals surface area contributed by atoms with Gasteiger partial charge in [-0.05, 0) is 20.3 Å². The summed E-state index contributed by atoms with van der Waals surface area (Å²) in [5.41, 5.74) is 1.73. The first-order valence-electron chi connectivity index (χ1n) is 5.96. The number of piperazine rings is 1. The highest BCUT2D eigenvalue weighted by molar-refractivity contribution is 7.07. The summed E-state index contributed by atoms with van der Waals surface area (Å²) in [4.78, 5) is 30.2. The number of carbonyl (C=O) groups excluding carboxylic acids is 2. The van der Waals surface area contributed by atoms with Crippen LogP contribution in [0.4, 0.5) is 0 Å². The molecule has 1 aromatic rings. The Kier molecular flexibility index (Phi) is 3.38. The number of thiazole rings is 1. The molecule has 1 N–H and O–H groups in total. The maximum atomic E-state index is 12.4. The van der Waals surface area contributed by atoms with Crippen LogP contribution in [0, 0.1) is 0 Å². The maximum Gasteiger partial charge on any atom is 0.248 e. The summed E-state index contributed by atoms with van der Waals surface area (Å²) in [5, 5.41) is 4.67. The standard InChI is InChI=1S/C12H17N3O2S/c1-4-9-10(16)14-12(2,3)11(17)15(9)5-8-6-18-7-13-8/h6-7,9H,4-5H2,1-3H3,(H,14,16). The molecule has 0 spiro atoms. The lowest BCUT2D eigenvalue weighted by Crippen LogP contribution is -2.67. The van der Waals surface area contributed by atoms with Crippen molar-refractivity contribution in [3.63, 3.8) is 0 Å². The number of nitrogens with one attached hydrogen (secondary N) is 1. The molecule has 1 saturated heterocycles. The van der Waals surface area contributed by atoms with Crippen molar-refractivity contribution in [3.05, 3.63) is 16.6 Å². The van der Waals surface area contributed by atoms with Gasteiger partial charge in [0.2, 0.25) is 11.8 Å². The Morgan fingerprint density at radius 3 is 2.78 bits per heavy atom. The molecule has 18 heavy (non-hydrogen) atoms. The Morgan fingerprint density at radius 2 is 2.22 bits per heavy atom. The van der Waals surface area contributed by atoms with E-state index in [1.807, 2.05) is 12.3 Å². The average Bonchev–Trinajstić information content (AvgIpc) is 2.78. The fourth-order valence-electron chi connectivity index (χ4n) is 2.16. The van der Waals surface area contributed by atoms with Gasteiger partial charge in [0, 0.05) is 5.38 Å². The van der Waals surface area contributed by atoms with Crippen molar-refractivity contribution in [2.45, 2.75) is 45.3 Å². The molecule has 0 bridgehead atoms. The molecule has 5 nitrogen and oxygen atoms in total. The minimum absolute atomic E-state index is 0.0537. The van der Waals surface area contributed by atoms with Gasteiger partial charge in [-0.15, -0.1) is 11.3 Å². The van der Waals surface area contributed by atoms with Crippen LogP contribution >= 0.6 is 11.3 Å². The molecule has 0 aliphatic carbocycles. The molecule has 1 aliphatic heterocycles. The maximum absolute atomic E-state index is 12.4. The highest BCUT2D eigenvalue weighted by Crippen LogP contribution is 2.22. The smallest absolute Gasteiger partial charge is 0.248 e. The van der Waals surface area contributed by atoms with E-state index in [0.717, 1.165) is 5.69 Å². The van der Waals surface area contributed by atoms with Crippen molar-refractivity contribution < 1.29 is 9.59 Å². The lowest BCUT2D eigenvalue weighted by molar-refractivity contribution is -0.154. The largest absolute Gasteiger partial charge is 0.340 e. The van der Waals surface area contributed by atoms with Crippen LogP contribution in [0.1, 0.15) is 32.9 Å². The lowest BCUT2D eigenvalue weighted by Gasteiger charge is -2.42. The second-order valence-corrected chi connectivity index (χ2v) is 5.67. The number of nitrogens with zero attached hydrogens (tertiary/aromatic N) is 2. The minimum Gasteiger partial charge on any atom is -0.340 e. The molecule has 0 aromatic carbocycles. The van der Waals surface area contributed by atoms with E-state index < -0.39 is 11.6 Å². The third kappa shape index (κ3) is 2.25. The van der Waals surface area contributed by atoms with E-state index in [1.165, 1.54) is 11.3 Å². The molecule has 6 heteroatoms. The van der Waals surface area contributed by atoms with Crippen LogP contribution in [-0.4, -0.2) is 33.3 Å². The summed E-state index contributed by atoms with van der Waals surface area (Å²) >= 11 is 1.49. The predicted octanol–water partition coefficient (Wildman–Crippen LogP) is 1.16. The van der Waals surface area contributed by atoms with Crippen molar-refractivity contribution in [2.75, 3.05) is 0 Å². The monoisotopic (exact) mass is 267 g/mol. The van der Waals surface area contributed by atoms with Crippen molar-refractivity contribution in [1.29, 1.82) is 0 Å². The first kappa shape index (κ1) is 13.0. The summed E-state index contributed by atoms with van der Waals surface area (Å²) in [7, 11) is 0. The Labute approximate surface area is 110 Å². The summed E-state index contributed by atoms with van der Waals surface area (Å²) in [6.07, 6.45) is 0.609. The topological polar surface area (TPSA) is 62.3 Å². The van der Waals surface area contributed by atoms with Crippen LogP contribution in [0.15, 0.2) is 10.9 Å². The van der Waals surface area contributed by atoms with E-state index in [9.17, 15) is 9.59 Å². The zero-order chi connectivity index (χ0) is 13.3. The van der Waals surface area contributed by atoms with Gasteiger partial charge in [-0.25, -0.2) is 4.98 Å². The number of hydrogen-bond donors (Lipinski definition) is 1. The third-order valence-corrected chi connectivity index (χ3v) is 3.75. The highest BCUT2D eigenvalue weighted by Gasteiger charge is 2.44. The molecular formula is C12H17N3O2S. The molecule has 1 unspecified atom stereocenters. The molecule has 1 aromatic heterocycles. The van der Waals surface area contributed by atoms with Crippen molar-refractivity contribution in [3.8, 4) is 0 Å². The Bertz CT molecular complexity index is 456. The van der Waals surface area contributed by atoms with E-state index in [4.69, 9.17) is 0 Å². The zero-order valence-electron chi connectivity index (χ0n) is 10.8. The molecule has 1 atom stereocenters. The van der Waals surface area contributed by atoms with Gasteiger partial charge < -0.3 is 10.2 Å². The van der Waals surface area contributed by atoms with Crippen molar-refractivity contribution in [1.82, 2.24) is 15.2 Å². The van der Waals surface area contributed by atoms with Gasteiger partial charge >= 0.3 is 0 Å². The van der Waals surface area contributed by atoms with Crippen molar-refractivity contribution >= 4 is 23.2 Å². The summed E-state index contributed by atoms with van der Waals surface area (Å²) in [5.74, 6) is -0.140. The summed E-state index contributed by atoms with van der Waals surface area (Å²) in [6.45, 7) is 5.77. The number of carbonyl (C=O) groups is 2. The van der Waals surface area contributed by atoms with Gasteiger partial charge in [-0.2, -0.15) is 0 Å². The molecule has 0 saturated carbocycles. The summed E-state index contributed by atoms with van der Waals surface area (Å²) < 4.78 is 0. The van der Waals surface area contributed by atoms with E-state index in [2.05, 4.69) is 10.3 Å². The van der Waals surface area contributed by atoms with E-state index >= 15 is 0 Å². The first-order valence-corrected chi connectivity index (χ1v) is 6.90. The van der Waals surface area contributed by atoms with E-state index in [0.29, 0.717) is 13.0 Å². The molecule has 2 rings (SSSR count). The SMILES string of the molecule is CCC1C(=O)NC(C)(C)C(=O)N1Cc1cscn1. The van der Waals surface area contributed by atoms with Gasteiger partial charge in [0.15, 0.2) is 0 Å². The predicted molar refractivity (Wildman–Crippen MR) is 69.0 cm³/mol. The van der Waals surface area contributed by atoms with Gasteiger partial charge in [0.25, 0.3) is 0 Å². The van der Waals surface area contributed by atoms with Crippen LogP contribution in [0.25, 0.3) is 0 Å². The second-order valence-electron chi connectivity index (χ2n) is 4.95. The zero-order valence-corrected chi connectivity index (χ0v) is 11.6. The highest BCUT2D eigenvalue weighted by atomic mass is 32.1. The molecule has 1 aliphatic rings. The van der Waals surface area contributed by atoms with Crippen LogP contribution in [-0.2, 0) is 16.1 Å². The van der Waals surface area contributed by atoms with Gasteiger partial charge in [-0.1, -0.05) is 6.92 Å². The molecule has 2 amide bonds. The second kappa shape index (κ2) is 4.68. The Balaban J connectivity index is 2.27. The van der Waals surface area contributed by atoms with Crippen LogP contribution in [0.2, 0.25) is 0 Å². The summed E-state index contributed by atoms with van der Waals surface area (Å²) in [6, 6.07) is -0.396.